The zero-order valence-corrected chi connectivity index (χ0v) is 9.62. The van der Waals surface area contributed by atoms with Gasteiger partial charge in [0.15, 0.2) is 0 Å². The van der Waals surface area contributed by atoms with Crippen molar-refractivity contribution >= 4 is 0 Å². The SMILES string of the molecule is CC(C)CCN[C@H](C)c1cnn(C)c1. The fourth-order valence-corrected chi connectivity index (χ4v) is 1.37. The maximum Gasteiger partial charge on any atom is 0.0537 e. The fraction of sp³-hybridized carbons (Fsp3) is 0.727. The molecule has 0 spiro atoms. The van der Waals surface area contributed by atoms with Crippen molar-refractivity contribution in [1.82, 2.24) is 15.1 Å². The van der Waals surface area contributed by atoms with Crippen molar-refractivity contribution in [2.45, 2.75) is 33.2 Å². The Bertz CT molecular complexity index is 265. The van der Waals surface area contributed by atoms with Crippen LogP contribution in [0.5, 0.6) is 0 Å². The summed E-state index contributed by atoms with van der Waals surface area (Å²) in [6.45, 7) is 7.75. The van der Waals surface area contributed by atoms with E-state index in [0.717, 1.165) is 12.5 Å². The molecule has 3 nitrogen and oxygen atoms in total. The first-order valence-electron chi connectivity index (χ1n) is 5.31. The van der Waals surface area contributed by atoms with Gasteiger partial charge in [-0.2, -0.15) is 5.10 Å². The second kappa shape index (κ2) is 5.15. The van der Waals surface area contributed by atoms with E-state index in [1.165, 1.54) is 12.0 Å². The summed E-state index contributed by atoms with van der Waals surface area (Å²) >= 11 is 0. The lowest BCUT2D eigenvalue weighted by molar-refractivity contribution is 0.497. The van der Waals surface area contributed by atoms with Crippen molar-refractivity contribution < 1.29 is 0 Å². The Morgan fingerprint density at radius 1 is 1.43 bits per heavy atom. The molecule has 80 valence electrons. The number of aromatic nitrogens is 2. The van der Waals surface area contributed by atoms with Gasteiger partial charge in [-0.15, -0.1) is 0 Å². The van der Waals surface area contributed by atoms with Crippen LogP contribution in [0.1, 0.15) is 38.8 Å². The van der Waals surface area contributed by atoms with E-state index in [1.54, 1.807) is 0 Å². The minimum Gasteiger partial charge on any atom is -0.310 e. The maximum atomic E-state index is 4.16. The summed E-state index contributed by atoms with van der Waals surface area (Å²) in [6, 6.07) is 0.405. The Balaban J connectivity index is 2.32. The Hall–Kier alpha value is -0.830. The van der Waals surface area contributed by atoms with Gasteiger partial charge in [0, 0.05) is 24.8 Å². The molecule has 1 heterocycles. The molecule has 1 rings (SSSR count). The van der Waals surface area contributed by atoms with E-state index in [9.17, 15) is 0 Å². The first kappa shape index (κ1) is 11.2. The van der Waals surface area contributed by atoms with Gasteiger partial charge in [0.05, 0.1) is 6.20 Å². The largest absolute Gasteiger partial charge is 0.310 e. The molecule has 14 heavy (non-hydrogen) atoms. The number of aryl methyl sites for hydroxylation is 1. The monoisotopic (exact) mass is 195 g/mol. The van der Waals surface area contributed by atoms with Gasteiger partial charge < -0.3 is 5.32 Å². The molecule has 1 aromatic rings. The summed E-state index contributed by atoms with van der Waals surface area (Å²) in [5.41, 5.74) is 1.26. The van der Waals surface area contributed by atoms with Crippen LogP contribution in [0.25, 0.3) is 0 Å². The highest BCUT2D eigenvalue weighted by Crippen LogP contribution is 2.10. The summed E-state index contributed by atoms with van der Waals surface area (Å²) in [7, 11) is 1.95. The molecule has 0 radical (unpaired) electrons. The highest BCUT2D eigenvalue weighted by Gasteiger charge is 2.06. The fourth-order valence-electron chi connectivity index (χ4n) is 1.37. The summed E-state index contributed by atoms with van der Waals surface area (Å²) in [5, 5.41) is 7.65. The average Bonchev–Trinajstić information content (AvgIpc) is 2.51. The Morgan fingerprint density at radius 2 is 2.14 bits per heavy atom. The average molecular weight is 195 g/mol. The van der Waals surface area contributed by atoms with Crippen LogP contribution in [0.4, 0.5) is 0 Å². The van der Waals surface area contributed by atoms with Crippen LogP contribution in [0.3, 0.4) is 0 Å². The Kier molecular flexibility index (Phi) is 4.14. The molecular formula is C11H21N3. The molecule has 0 aliphatic heterocycles. The molecule has 1 N–H and O–H groups in total. The molecule has 3 heteroatoms. The lowest BCUT2D eigenvalue weighted by Gasteiger charge is -2.12. The Morgan fingerprint density at radius 3 is 2.64 bits per heavy atom. The predicted octanol–water partition coefficient (Wildman–Crippen LogP) is 2.12. The zero-order valence-electron chi connectivity index (χ0n) is 9.62. The predicted molar refractivity (Wildman–Crippen MR) is 59.1 cm³/mol. The molecular weight excluding hydrogens is 174 g/mol. The number of nitrogens with zero attached hydrogens (tertiary/aromatic N) is 2. The van der Waals surface area contributed by atoms with Crippen LogP contribution in [0.2, 0.25) is 0 Å². The summed E-state index contributed by atoms with van der Waals surface area (Å²) in [6.07, 6.45) is 5.21. The molecule has 0 aliphatic rings. The van der Waals surface area contributed by atoms with E-state index < -0.39 is 0 Å². The van der Waals surface area contributed by atoms with E-state index in [2.05, 4.69) is 37.4 Å². The smallest absolute Gasteiger partial charge is 0.0537 e. The van der Waals surface area contributed by atoms with E-state index in [4.69, 9.17) is 0 Å². The molecule has 0 aromatic carbocycles. The normalized spacial score (nSPS) is 13.5. The lowest BCUT2D eigenvalue weighted by atomic mass is 10.1. The van der Waals surface area contributed by atoms with Gasteiger partial charge in [0.2, 0.25) is 0 Å². The summed E-state index contributed by atoms with van der Waals surface area (Å²) < 4.78 is 1.84. The van der Waals surface area contributed by atoms with Gasteiger partial charge in [0.25, 0.3) is 0 Å². The quantitative estimate of drug-likeness (QED) is 0.780. The molecule has 0 aliphatic carbocycles. The Labute approximate surface area is 86.5 Å². The van der Waals surface area contributed by atoms with Crippen LogP contribution in [-0.2, 0) is 7.05 Å². The van der Waals surface area contributed by atoms with E-state index >= 15 is 0 Å². The zero-order chi connectivity index (χ0) is 10.6. The second-order valence-corrected chi connectivity index (χ2v) is 4.31. The molecule has 0 bridgehead atoms. The van der Waals surface area contributed by atoms with Crippen molar-refractivity contribution in [2.75, 3.05) is 6.54 Å². The molecule has 0 amide bonds. The van der Waals surface area contributed by atoms with E-state index in [1.807, 2.05) is 17.9 Å². The van der Waals surface area contributed by atoms with Gasteiger partial charge in [-0.3, -0.25) is 4.68 Å². The van der Waals surface area contributed by atoms with Crippen LogP contribution >= 0.6 is 0 Å². The van der Waals surface area contributed by atoms with Crippen molar-refractivity contribution in [3.63, 3.8) is 0 Å². The molecule has 0 saturated heterocycles. The van der Waals surface area contributed by atoms with Crippen LogP contribution in [0, 0.1) is 5.92 Å². The molecule has 0 saturated carbocycles. The third kappa shape index (κ3) is 3.50. The van der Waals surface area contributed by atoms with Crippen LogP contribution < -0.4 is 5.32 Å². The van der Waals surface area contributed by atoms with Crippen LogP contribution in [0.15, 0.2) is 12.4 Å². The van der Waals surface area contributed by atoms with Crippen molar-refractivity contribution in [1.29, 1.82) is 0 Å². The van der Waals surface area contributed by atoms with Gasteiger partial charge in [-0.05, 0) is 25.8 Å². The maximum absolute atomic E-state index is 4.16. The standard InChI is InChI=1S/C11H21N3/c1-9(2)5-6-12-10(3)11-7-13-14(4)8-11/h7-10,12H,5-6H2,1-4H3/t10-/m1/s1. The number of nitrogens with one attached hydrogen (secondary N) is 1. The number of hydrogen-bond donors (Lipinski definition) is 1. The third-order valence-corrected chi connectivity index (χ3v) is 2.40. The first-order valence-corrected chi connectivity index (χ1v) is 5.31. The molecule has 1 aromatic heterocycles. The molecule has 1 atom stereocenters. The second-order valence-electron chi connectivity index (χ2n) is 4.31. The third-order valence-electron chi connectivity index (χ3n) is 2.40. The topological polar surface area (TPSA) is 29.9 Å². The highest BCUT2D eigenvalue weighted by atomic mass is 15.2. The minimum absolute atomic E-state index is 0.405. The highest BCUT2D eigenvalue weighted by molar-refractivity contribution is 5.08. The van der Waals surface area contributed by atoms with Gasteiger partial charge in [0.1, 0.15) is 0 Å². The molecule has 0 unspecified atom stereocenters. The number of hydrogen-bond acceptors (Lipinski definition) is 2. The molecule has 0 fully saturated rings. The van der Waals surface area contributed by atoms with Crippen molar-refractivity contribution in [3.05, 3.63) is 18.0 Å². The first-order chi connectivity index (χ1) is 6.59. The van der Waals surface area contributed by atoms with E-state index in [-0.39, 0.29) is 0 Å². The van der Waals surface area contributed by atoms with E-state index in [0.29, 0.717) is 6.04 Å². The van der Waals surface area contributed by atoms with Crippen LogP contribution in [-0.4, -0.2) is 16.3 Å². The summed E-state index contributed by atoms with van der Waals surface area (Å²) in [4.78, 5) is 0. The minimum atomic E-state index is 0.405. The van der Waals surface area contributed by atoms with Gasteiger partial charge in [-0.25, -0.2) is 0 Å². The van der Waals surface area contributed by atoms with Crippen molar-refractivity contribution in [3.8, 4) is 0 Å². The summed E-state index contributed by atoms with van der Waals surface area (Å²) in [5.74, 6) is 0.767. The van der Waals surface area contributed by atoms with Gasteiger partial charge >= 0.3 is 0 Å². The lowest BCUT2D eigenvalue weighted by Crippen LogP contribution is -2.20. The van der Waals surface area contributed by atoms with Gasteiger partial charge in [-0.1, -0.05) is 13.8 Å². The van der Waals surface area contributed by atoms with Crippen molar-refractivity contribution in [2.24, 2.45) is 13.0 Å². The number of rotatable bonds is 5.